The third-order valence-electron chi connectivity index (χ3n) is 4.25. The second kappa shape index (κ2) is 8.82. The van der Waals surface area contributed by atoms with E-state index >= 15 is 0 Å². The Morgan fingerprint density at radius 3 is 1.50 bits per heavy atom. The molecule has 0 spiro atoms. The van der Waals surface area contributed by atoms with E-state index in [0.717, 1.165) is 12.1 Å². The van der Waals surface area contributed by atoms with Gasteiger partial charge in [-0.3, -0.25) is 0 Å². The molecular weight excluding hydrogens is 419 g/mol. The highest BCUT2D eigenvalue weighted by molar-refractivity contribution is 5.82. The molecular formula is C22H4F3N7. The van der Waals surface area contributed by atoms with Gasteiger partial charge in [-0.2, -0.15) is 50.0 Å². The summed E-state index contributed by atoms with van der Waals surface area (Å²) in [6.07, 6.45) is -5.02. The van der Waals surface area contributed by atoms with Crippen molar-refractivity contribution in [3.8, 4) is 42.5 Å². The van der Waals surface area contributed by atoms with Crippen molar-refractivity contribution in [3.63, 3.8) is 0 Å². The van der Waals surface area contributed by atoms with E-state index < -0.39 is 39.6 Å². The highest BCUT2D eigenvalue weighted by Crippen LogP contribution is 2.36. The Kier molecular flexibility index (Phi) is 6.26. The molecule has 148 valence electrons. The maximum atomic E-state index is 13.7. The molecule has 2 aromatic carbocycles. The molecule has 0 aliphatic carbocycles. The molecule has 0 bridgehead atoms. The van der Waals surface area contributed by atoms with Crippen LogP contribution in [0.3, 0.4) is 0 Å². The first-order chi connectivity index (χ1) is 15.2. The van der Waals surface area contributed by atoms with Crippen molar-refractivity contribution in [2.45, 2.75) is 6.18 Å². The lowest BCUT2D eigenvalue weighted by molar-refractivity contribution is -0.137. The standard InChI is InChI=1S/C22H4F3N7/c23-22(24,25)21-4-13(6-27)12(5-26)1-19(21)20(11-32)18-3-14(7-28)17(2-15(18)8-29)16(9-30)10-31/h1-4H/b20-18-. The van der Waals surface area contributed by atoms with Crippen LogP contribution in [0.4, 0.5) is 13.2 Å². The zero-order chi connectivity index (χ0) is 24.1. The van der Waals surface area contributed by atoms with Crippen LogP contribution in [-0.2, 0) is 6.18 Å². The summed E-state index contributed by atoms with van der Waals surface area (Å²) in [5.74, 6) is 0. The maximum absolute atomic E-state index is 13.7. The van der Waals surface area contributed by atoms with Gasteiger partial charge in [0.2, 0.25) is 0 Å². The molecule has 2 aromatic rings. The van der Waals surface area contributed by atoms with Crippen molar-refractivity contribution in [1.82, 2.24) is 0 Å². The molecule has 7 nitrogen and oxygen atoms in total. The smallest absolute Gasteiger partial charge is 0.192 e. The molecule has 2 rings (SSSR count). The summed E-state index contributed by atoms with van der Waals surface area (Å²) >= 11 is 0. The van der Waals surface area contributed by atoms with E-state index in [1.165, 1.54) is 6.07 Å². The molecule has 0 aromatic heterocycles. The number of hydrogen-bond acceptors (Lipinski definition) is 7. The molecule has 0 heterocycles. The van der Waals surface area contributed by atoms with Gasteiger partial charge in [-0.15, -0.1) is 0 Å². The van der Waals surface area contributed by atoms with Crippen LogP contribution < -0.4 is 10.4 Å². The van der Waals surface area contributed by atoms with Gasteiger partial charge in [-0.1, -0.05) is 0 Å². The molecule has 0 atom stereocenters. The highest BCUT2D eigenvalue weighted by atomic mass is 19.4. The molecule has 0 N–H and O–H groups in total. The predicted octanol–water partition coefficient (Wildman–Crippen LogP) is 2.11. The summed E-state index contributed by atoms with van der Waals surface area (Å²) < 4.78 is 41.1. The zero-order valence-electron chi connectivity index (χ0n) is 15.6. The van der Waals surface area contributed by atoms with Gasteiger partial charge in [0, 0.05) is 16.0 Å². The first-order valence-corrected chi connectivity index (χ1v) is 8.19. The van der Waals surface area contributed by atoms with E-state index in [2.05, 4.69) is 0 Å². The third kappa shape index (κ3) is 3.92. The summed E-state index contributed by atoms with van der Waals surface area (Å²) in [6.45, 7) is 0. The Morgan fingerprint density at radius 1 is 0.594 bits per heavy atom. The molecule has 0 amide bonds. The number of benzene rings is 2. The van der Waals surface area contributed by atoms with Gasteiger partial charge in [0.15, 0.2) is 0 Å². The highest BCUT2D eigenvalue weighted by Gasteiger charge is 2.35. The number of hydrogen-bond donors (Lipinski definition) is 0. The normalized spacial score (nSPS) is 10.6. The van der Waals surface area contributed by atoms with Gasteiger partial charge in [-0.05, 0) is 24.3 Å². The van der Waals surface area contributed by atoms with Crippen LogP contribution in [0, 0.1) is 79.3 Å². The monoisotopic (exact) mass is 423 g/mol. The van der Waals surface area contributed by atoms with Crippen LogP contribution in [-0.4, -0.2) is 0 Å². The first-order valence-electron chi connectivity index (χ1n) is 8.19. The Bertz CT molecular complexity index is 1570. The van der Waals surface area contributed by atoms with Crippen molar-refractivity contribution in [1.29, 1.82) is 36.8 Å². The van der Waals surface area contributed by atoms with Crippen LogP contribution in [0.15, 0.2) is 24.3 Å². The number of nitrogens with zero attached hydrogens (tertiary/aromatic N) is 7. The van der Waals surface area contributed by atoms with E-state index in [9.17, 15) is 34.2 Å². The molecule has 0 aliphatic heterocycles. The summed E-state index contributed by atoms with van der Waals surface area (Å²) in [5.41, 5.74) is -5.05. The Hall–Kier alpha value is -5.60. The topological polar surface area (TPSA) is 167 Å². The third-order valence-corrected chi connectivity index (χ3v) is 4.25. The second-order valence-electron chi connectivity index (χ2n) is 5.92. The Balaban J connectivity index is 3.26. The molecule has 32 heavy (non-hydrogen) atoms. The van der Waals surface area contributed by atoms with Crippen molar-refractivity contribution in [2.75, 3.05) is 0 Å². The van der Waals surface area contributed by atoms with Crippen LogP contribution in [0.5, 0.6) is 0 Å². The number of rotatable bonds is 1. The molecule has 0 radical (unpaired) electrons. The van der Waals surface area contributed by atoms with E-state index in [1.54, 1.807) is 36.4 Å². The van der Waals surface area contributed by atoms with E-state index in [0.29, 0.717) is 12.1 Å². The van der Waals surface area contributed by atoms with Gasteiger partial charge in [-0.25, -0.2) is 0 Å². The first kappa shape index (κ1) is 22.7. The zero-order valence-corrected chi connectivity index (χ0v) is 15.6. The minimum absolute atomic E-state index is 0.219. The van der Waals surface area contributed by atoms with Gasteiger partial charge in [0.1, 0.15) is 35.9 Å². The number of nitriles is 7. The lowest BCUT2D eigenvalue weighted by Gasteiger charge is -2.14. The second-order valence-corrected chi connectivity index (χ2v) is 5.92. The Morgan fingerprint density at radius 2 is 1.06 bits per heavy atom. The van der Waals surface area contributed by atoms with Crippen LogP contribution in [0.2, 0.25) is 0 Å². The molecule has 0 unspecified atom stereocenters. The molecule has 10 heteroatoms. The Labute approximate surface area is 178 Å². The van der Waals surface area contributed by atoms with Crippen LogP contribution in [0.1, 0.15) is 33.4 Å². The van der Waals surface area contributed by atoms with Crippen molar-refractivity contribution < 1.29 is 13.2 Å². The minimum atomic E-state index is -5.02. The van der Waals surface area contributed by atoms with Crippen molar-refractivity contribution in [3.05, 3.63) is 68.1 Å². The lowest BCUT2D eigenvalue weighted by atomic mass is 9.91. The molecule has 0 aliphatic rings. The molecule has 0 saturated carbocycles. The number of alkyl halides is 3. The van der Waals surface area contributed by atoms with Crippen molar-refractivity contribution in [2.24, 2.45) is 0 Å². The fourth-order valence-electron chi connectivity index (χ4n) is 2.84. The summed E-state index contributed by atoms with van der Waals surface area (Å²) in [6, 6.07) is 14.1. The number of halogens is 3. The quantitative estimate of drug-likeness (QED) is 0.677. The SMILES string of the molecule is N#CC(C#N)=c1cc(C#N)/c(=C(/C#N)c2cc(C#N)c(C#N)cc2C(F)(F)F)cc1C#N. The van der Waals surface area contributed by atoms with Crippen molar-refractivity contribution >= 4 is 11.1 Å². The maximum Gasteiger partial charge on any atom is 0.417 e. The molecule has 0 fully saturated rings. The average molecular weight is 423 g/mol. The summed E-state index contributed by atoms with van der Waals surface area (Å²) in [7, 11) is 0. The van der Waals surface area contributed by atoms with Gasteiger partial charge in [0.25, 0.3) is 0 Å². The van der Waals surface area contributed by atoms with E-state index in [1.807, 2.05) is 0 Å². The average Bonchev–Trinajstić information content (AvgIpc) is 2.79. The van der Waals surface area contributed by atoms with E-state index in [4.69, 9.17) is 15.8 Å². The minimum Gasteiger partial charge on any atom is -0.192 e. The summed E-state index contributed by atoms with van der Waals surface area (Å²) in [4.78, 5) is 0. The summed E-state index contributed by atoms with van der Waals surface area (Å²) in [5, 5.41) is 64.3. The van der Waals surface area contributed by atoms with Crippen LogP contribution in [0.25, 0.3) is 11.1 Å². The van der Waals surface area contributed by atoms with Gasteiger partial charge >= 0.3 is 6.18 Å². The van der Waals surface area contributed by atoms with Gasteiger partial charge < -0.3 is 0 Å². The molecule has 0 saturated heterocycles. The largest absolute Gasteiger partial charge is 0.417 e. The van der Waals surface area contributed by atoms with Crippen LogP contribution >= 0.6 is 0 Å². The lowest BCUT2D eigenvalue weighted by Crippen LogP contribution is -2.22. The fourth-order valence-corrected chi connectivity index (χ4v) is 2.84. The predicted molar refractivity (Wildman–Crippen MR) is 98.8 cm³/mol. The fraction of sp³-hybridized carbons (Fsp3) is 0.0455. The van der Waals surface area contributed by atoms with E-state index in [-0.39, 0.29) is 21.6 Å². The van der Waals surface area contributed by atoms with Gasteiger partial charge in [0.05, 0.1) is 45.5 Å².